The van der Waals surface area contributed by atoms with E-state index >= 15 is 0 Å². The van der Waals surface area contributed by atoms with Crippen LogP contribution in [0.4, 0.5) is 5.95 Å². The van der Waals surface area contributed by atoms with Crippen LogP contribution in [0.1, 0.15) is 6.42 Å². The number of hydrogen-bond donors (Lipinski definition) is 3. The molecule has 9 nitrogen and oxygen atoms in total. The molecule has 4 N–H and O–H groups in total. The molecule has 0 aliphatic carbocycles. The van der Waals surface area contributed by atoms with Crippen molar-refractivity contribution in [1.82, 2.24) is 14.7 Å². The second-order valence-corrected chi connectivity index (χ2v) is 8.50. The summed E-state index contributed by atoms with van der Waals surface area (Å²) >= 11 is 0. The van der Waals surface area contributed by atoms with Gasteiger partial charge in [-0.05, 0) is 12.3 Å². The third kappa shape index (κ3) is 3.62. The highest BCUT2D eigenvalue weighted by Gasteiger charge is 2.29. The van der Waals surface area contributed by atoms with Crippen molar-refractivity contribution in [3.63, 3.8) is 0 Å². The van der Waals surface area contributed by atoms with Crippen molar-refractivity contribution >= 4 is 25.8 Å². The Bertz CT molecular complexity index is 671. The predicted molar refractivity (Wildman–Crippen MR) is 71.8 cm³/mol. The van der Waals surface area contributed by atoms with Gasteiger partial charge in [0.05, 0.1) is 23.9 Å². The number of hydrogen-bond acceptors (Lipinski definition) is 8. The summed E-state index contributed by atoms with van der Waals surface area (Å²) in [4.78, 5) is 7.31. The first-order valence-corrected chi connectivity index (χ1v) is 9.11. The van der Waals surface area contributed by atoms with Crippen LogP contribution in [0.25, 0.3) is 0 Å². The SMILES string of the molecule is NNc1ncc(S(=O)(=O)NCC2CCS(=O)(=O)C2)cn1. The second kappa shape index (κ2) is 5.60. The van der Waals surface area contributed by atoms with Crippen LogP contribution in [0.2, 0.25) is 0 Å². The number of nitrogens with two attached hydrogens (primary N) is 1. The van der Waals surface area contributed by atoms with Gasteiger partial charge in [-0.3, -0.25) is 5.43 Å². The van der Waals surface area contributed by atoms with Gasteiger partial charge in [0.25, 0.3) is 0 Å². The highest BCUT2D eigenvalue weighted by atomic mass is 32.2. The van der Waals surface area contributed by atoms with E-state index in [1.54, 1.807) is 0 Å². The molecule has 1 fully saturated rings. The fourth-order valence-corrected chi connectivity index (χ4v) is 4.74. The molecule has 1 unspecified atom stereocenters. The molecule has 2 heterocycles. The number of hydrazine groups is 1. The molecule has 0 amide bonds. The van der Waals surface area contributed by atoms with Gasteiger partial charge >= 0.3 is 0 Å². The van der Waals surface area contributed by atoms with Crippen LogP contribution in [-0.2, 0) is 19.9 Å². The van der Waals surface area contributed by atoms with Gasteiger partial charge < -0.3 is 0 Å². The normalized spacial score (nSPS) is 21.8. The van der Waals surface area contributed by atoms with Gasteiger partial charge in [0, 0.05) is 6.54 Å². The maximum atomic E-state index is 12.0. The minimum absolute atomic E-state index is 0.0159. The lowest BCUT2D eigenvalue weighted by Gasteiger charge is -2.10. The van der Waals surface area contributed by atoms with Crippen molar-refractivity contribution < 1.29 is 16.8 Å². The minimum Gasteiger partial charge on any atom is -0.292 e. The second-order valence-electron chi connectivity index (χ2n) is 4.51. The van der Waals surface area contributed by atoms with E-state index in [0.717, 1.165) is 12.4 Å². The molecule has 11 heteroatoms. The first-order valence-electron chi connectivity index (χ1n) is 5.81. The number of nitrogen functional groups attached to an aromatic ring is 1. The molecule has 112 valence electrons. The van der Waals surface area contributed by atoms with Crippen LogP contribution in [0.15, 0.2) is 17.3 Å². The Balaban J connectivity index is 2.00. The fourth-order valence-electron chi connectivity index (χ4n) is 1.87. The van der Waals surface area contributed by atoms with Gasteiger partial charge in [0.2, 0.25) is 16.0 Å². The number of sulfonamides is 1. The van der Waals surface area contributed by atoms with Gasteiger partial charge in [-0.1, -0.05) is 0 Å². The highest BCUT2D eigenvalue weighted by Crippen LogP contribution is 2.18. The van der Waals surface area contributed by atoms with Crippen molar-refractivity contribution in [3.8, 4) is 0 Å². The number of aromatic nitrogens is 2. The Morgan fingerprint density at radius 1 is 1.35 bits per heavy atom. The zero-order valence-corrected chi connectivity index (χ0v) is 12.1. The molecule has 1 aliphatic heterocycles. The molecule has 20 heavy (non-hydrogen) atoms. The summed E-state index contributed by atoms with van der Waals surface area (Å²) < 4.78 is 48.9. The molecule has 0 aromatic carbocycles. The lowest BCUT2D eigenvalue weighted by molar-refractivity contribution is 0.542. The van der Waals surface area contributed by atoms with Gasteiger partial charge in [-0.25, -0.2) is 37.4 Å². The van der Waals surface area contributed by atoms with E-state index < -0.39 is 19.9 Å². The topological polar surface area (TPSA) is 144 Å². The summed E-state index contributed by atoms with van der Waals surface area (Å²) in [5.74, 6) is 5.11. The Morgan fingerprint density at radius 2 is 2.00 bits per heavy atom. The molecular formula is C9H15N5O4S2. The summed E-state index contributed by atoms with van der Waals surface area (Å²) in [6.45, 7) is 0.0818. The summed E-state index contributed by atoms with van der Waals surface area (Å²) in [5, 5.41) is 0. The summed E-state index contributed by atoms with van der Waals surface area (Å²) in [7, 11) is -6.77. The van der Waals surface area contributed by atoms with E-state index in [4.69, 9.17) is 5.84 Å². The third-order valence-corrected chi connectivity index (χ3v) is 6.17. The van der Waals surface area contributed by atoms with Crippen molar-refractivity contribution in [2.24, 2.45) is 11.8 Å². The molecule has 1 aliphatic rings. The summed E-state index contributed by atoms with van der Waals surface area (Å²) in [5.41, 5.74) is 2.19. The molecule has 0 saturated carbocycles. The lowest BCUT2D eigenvalue weighted by Crippen LogP contribution is -2.30. The quantitative estimate of drug-likeness (QED) is 0.438. The Labute approximate surface area is 116 Å². The van der Waals surface area contributed by atoms with E-state index in [1.165, 1.54) is 0 Å². The first kappa shape index (κ1) is 15.1. The molecule has 2 rings (SSSR count). The van der Waals surface area contributed by atoms with Crippen LogP contribution in [0.3, 0.4) is 0 Å². The van der Waals surface area contributed by atoms with E-state index in [1.807, 2.05) is 0 Å². The first-order chi connectivity index (χ1) is 9.32. The van der Waals surface area contributed by atoms with Crippen LogP contribution >= 0.6 is 0 Å². The van der Waals surface area contributed by atoms with Gasteiger partial charge in [0.15, 0.2) is 9.84 Å². The van der Waals surface area contributed by atoms with E-state index in [0.29, 0.717) is 6.42 Å². The number of sulfone groups is 1. The summed E-state index contributed by atoms with van der Waals surface area (Å²) in [6, 6.07) is 0. The van der Waals surface area contributed by atoms with Crippen LogP contribution in [0.5, 0.6) is 0 Å². The fraction of sp³-hybridized carbons (Fsp3) is 0.556. The highest BCUT2D eigenvalue weighted by molar-refractivity contribution is 7.91. The van der Waals surface area contributed by atoms with Crippen LogP contribution in [-0.4, -0.2) is 44.9 Å². The standard InChI is InChI=1S/C9H15N5O4S2/c10-14-9-11-4-8(5-12-9)20(17,18)13-3-7-1-2-19(15,16)6-7/h4-5,7,13H,1-3,6,10H2,(H,11,12,14). The average molecular weight is 321 g/mol. The number of nitrogens with one attached hydrogen (secondary N) is 2. The van der Waals surface area contributed by atoms with Crippen LogP contribution in [0, 0.1) is 5.92 Å². The van der Waals surface area contributed by atoms with Crippen molar-refractivity contribution in [2.45, 2.75) is 11.3 Å². The molecular weight excluding hydrogens is 306 g/mol. The molecule has 1 saturated heterocycles. The molecule has 0 bridgehead atoms. The van der Waals surface area contributed by atoms with Gasteiger partial charge in [0.1, 0.15) is 4.90 Å². The Morgan fingerprint density at radius 3 is 2.50 bits per heavy atom. The maximum absolute atomic E-state index is 12.0. The smallest absolute Gasteiger partial charge is 0.243 e. The Kier molecular flexibility index (Phi) is 4.22. The third-order valence-electron chi connectivity index (χ3n) is 2.96. The zero-order chi connectivity index (χ0) is 14.8. The minimum atomic E-state index is -3.75. The zero-order valence-electron chi connectivity index (χ0n) is 10.5. The van der Waals surface area contributed by atoms with Crippen molar-refractivity contribution in [3.05, 3.63) is 12.4 Å². The van der Waals surface area contributed by atoms with Crippen molar-refractivity contribution in [1.29, 1.82) is 0 Å². The molecule has 0 radical (unpaired) electrons. The molecule has 1 aromatic rings. The maximum Gasteiger partial charge on any atom is 0.243 e. The number of anilines is 1. The van der Waals surface area contributed by atoms with Crippen molar-refractivity contribution in [2.75, 3.05) is 23.5 Å². The van der Waals surface area contributed by atoms with E-state index in [-0.39, 0.29) is 34.8 Å². The van der Waals surface area contributed by atoms with Gasteiger partial charge in [-0.15, -0.1) is 0 Å². The number of nitrogens with zero attached hydrogens (tertiary/aromatic N) is 2. The van der Waals surface area contributed by atoms with Crippen LogP contribution < -0.4 is 16.0 Å². The molecule has 1 atom stereocenters. The predicted octanol–water partition coefficient (Wildman–Crippen LogP) is -1.52. The summed E-state index contributed by atoms with van der Waals surface area (Å²) in [6.07, 6.45) is 2.71. The largest absolute Gasteiger partial charge is 0.292 e. The number of rotatable bonds is 5. The monoisotopic (exact) mass is 321 g/mol. The Hall–Kier alpha value is -1.30. The van der Waals surface area contributed by atoms with Gasteiger partial charge in [-0.2, -0.15) is 0 Å². The van der Waals surface area contributed by atoms with E-state index in [2.05, 4.69) is 20.1 Å². The average Bonchev–Trinajstić information content (AvgIpc) is 2.76. The van der Waals surface area contributed by atoms with E-state index in [9.17, 15) is 16.8 Å². The molecule has 1 aromatic heterocycles. The lowest BCUT2D eigenvalue weighted by atomic mass is 10.1. The molecule has 0 spiro atoms.